The van der Waals surface area contributed by atoms with Crippen LogP contribution in [0.1, 0.15) is 331 Å². The fraction of sp³-hybridized carbons (Fsp3) is 0.941. The monoisotopic (exact) mass is 1280 g/mol. The summed E-state index contributed by atoms with van der Waals surface area (Å²) in [5, 5.41) is 10.6. The summed E-state index contributed by atoms with van der Waals surface area (Å²) in [5.74, 6) is 0.802. The Labute approximate surface area is 530 Å². The molecule has 0 bridgehead atoms. The summed E-state index contributed by atoms with van der Waals surface area (Å²) in [4.78, 5) is 72.4. The molecule has 0 amide bonds. The third kappa shape index (κ3) is 62.6. The van der Waals surface area contributed by atoms with Crippen LogP contribution in [0.15, 0.2) is 0 Å². The van der Waals surface area contributed by atoms with Gasteiger partial charge in [0.05, 0.1) is 26.4 Å². The van der Waals surface area contributed by atoms with Gasteiger partial charge in [-0.25, -0.2) is 9.13 Å². The van der Waals surface area contributed by atoms with Crippen LogP contribution in [0.25, 0.3) is 0 Å². The normalized spacial score (nSPS) is 14.3. The van der Waals surface area contributed by atoms with Crippen LogP contribution in [0.5, 0.6) is 0 Å². The van der Waals surface area contributed by atoms with Gasteiger partial charge in [-0.2, -0.15) is 0 Å². The maximum Gasteiger partial charge on any atom is 0.472 e. The highest BCUT2D eigenvalue weighted by Crippen LogP contribution is 2.45. The van der Waals surface area contributed by atoms with Gasteiger partial charge in [0.1, 0.15) is 19.3 Å². The van der Waals surface area contributed by atoms with Gasteiger partial charge in [0.2, 0.25) is 0 Å². The zero-order valence-electron chi connectivity index (χ0n) is 56.6. The number of phosphoric ester groups is 2. The smallest absolute Gasteiger partial charge is 0.462 e. The molecule has 87 heavy (non-hydrogen) atoms. The van der Waals surface area contributed by atoms with E-state index in [0.717, 1.165) is 114 Å². The van der Waals surface area contributed by atoms with Crippen molar-refractivity contribution in [3.8, 4) is 0 Å². The van der Waals surface area contributed by atoms with Crippen molar-refractivity contribution in [1.82, 2.24) is 0 Å². The van der Waals surface area contributed by atoms with Gasteiger partial charge in [-0.1, -0.05) is 280 Å². The second kappa shape index (κ2) is 57.9. The SMILES string of the molecule is CC(C)CCCCCCCCCCCCC(=O)O[C@H](COC(=O)CCCCCCCCCCC(C)C)COP(=O)(O)OCC(O)COP(=O)(O)OC[C@@H](COC(=O)CCCCCCCCCC(C)C)OC(=O)CCCCCCCCCCCCC(C)C. The molecule has 516 valence electrons. The summed E-state index contributed by atoms with van der Waals surface area (Å²) in [7, 11) is -9.90. The molecule has 0 fully saturated rings. The molecule has 3 unspecified atom stereocenters. The third-order valence-electron chi connectivity index (χ3n) is 15.6. The van der Waals surface area contributed by atoms with Gasteiger partial charge in [0, 0.05) is 25.7 Å². The van der Waals surface area contributed by atoms with Crippen LogP contribution in [-0.4, -0.2) is 96.7 Å². The maximum atomic E-state index is 13.0. The fourth-order valence-electron chi connectivity index (χ4n) is 10.1. The minimum Gasteiger partial charge on any atom is -0.462 e. The molecule has 0 aromatic carbocycles. The van der Waals surface area contributed by atoms with Crippen molar-refractivity contribution in [1.29, 1.82) is 0 Å². The number of carbonyl (C=O) groups is 4. The van der Waals surface area contributed by atoms with E-state index in [2.05, 4.69) is 55.4 Å². The summed E-state index contributed by atoms with van der Waals surface area (Å²) >= 11 is 0. The first-order valence-corrected chi connectivity index (χ1v) is 38.2. The van der Waals surface area contributed by atoms with Crippen molar-refractivity contribution in [3.05, 3.63) is 0 Å². The van der Waals surface area contributed by atoms with Crippen LogP contribution < -0.4 is 0 Å². The van der Waals surface area contributed by atoms with E-state index >= 15 is 0 Å². The van der Waals surface area contributed by atoms with Crippen molar-refractivity contribution in [3.63, 3.8) is 0 Å². The number of phosphoric acid groups is 2. The summed E-state index contributed by atoms with van der Waals surface area (Å²) in [6.07, 6.45) is 39.0. The van der Waals surface area contributed by atoms with Crippen LogP contribution in [0, 0.1) is 23.7 Å². The lowest BCUT2D eigenvalue weighted by atomic mass is 10.0. The van der Waals surface area contributed by atoms with E-state index in [-0.39, 0.29) is 25.7 Å². The van der Waals surface area contributed by atoms with E-state index in [1.165, 1.54) is 128 Å². The number of ether oxygens (including phenoxy) is 4. The predicted octanol–water partition coefficient (Wildman–Crippen LogP) is 18.9. The molecule has 0 aliphatic heterocycles. The summed E-state index contributed by atoms with van der Waals surface area (Å²) < 4.78 is 68.2. The minimum absolute atomic E-state index is 0.104. The lowest BCUT2D eigenvalue weighted by molar-refractivity contribution is -0.161. The van der Waals surface area contributed by atoms with Crippen molar-refractivity contribution in [2.24, 2.45) is 23.7 Å². The minimum atomic E-state index is -4.95. The Morgan fingerprint density at radius 2 is 0.483 bits per heavy atom. The molecule has 5 atom stereocenters. The number of hydrogen-bond acceptors (Lipinski definition) is 15. The maximum absolute atomic E-state index is 13.0. The average Bonchev–Trinajstić information content (AvgIpc) is 3.65. The molecule has 0 spiro atoms. The molecular formula is C68H132O17P2. The highest BCUT2D eigenvalue weighted by molar-refractivity contribution is 7.47. The van der Waals surface area contributed by atoms with E-state index in [9.17, 15) is 43.2 Å². The number of aliphatic hydroxyl groups is 1. The largest absolute Gasteiger partial charge is 0.472 e. The molecule has 0 aromatic heterocycles. The Balaban J connectivity index is 5.26. The summed E-state index contributed by atoms with van der Waals surface area (Å²) in [5.41, 5.74) is 0. The van der Waals surface area contributed by atoms with Crippen molar-refractivity contribution >= 4 is 39.5 Å². The van der Waals surface area contributed by atoms with Crippen molar-refractivity contribution in [2.75, 3.05) is 39.6 Å². The molecule has 3 N–H and O–H groups in total. The lowest BCUT2D eigenvalue weighted by Crippen LogP contribution is -2.30. The molecular weight excluding hydrogens is 1150 g/mol. The molecule has 0 saturated carbocycles. The van der Waals surface area contributed by atoms with E-state index < -0.39 is 97.5 Å². The Morgan fingerprint density at radius 3 is 0.713 bits per heavy atom. The first-order valence-electron chi connectivity index (χ1n) is 35.2. The molecule has 17 nitrogen and oxygen atoms in total. The van der Waals surface area contributed by atoms with Crippen molar-refractivity contribution < 1.29 is 80.2 Å². The van der Waals surface area contributed by atoms with Gasteiger partial charge >= 0.3 is 39.5 Å². The number of esters is 4. The summed E-state index contributed by atoms with van der Waals surface area (Å²) in [6.45, 7) is 14.0. The van der Waals surface area contributed by atoms with E-state index in [1.54, 1.807) is 0 Å². The number of unbranched alkanes of at least 4 members (excludes halogenated alkanes) is 31. The average molecular weight is 1280 g/mol. The summed E-state index contributed by atoms with van der Waals surface area (Å²) in [6, 6.07) is 0. The number of rotatable bonds is 65. The molecule has 0 saturated heterocycles. The zero-order chi connectivity index (χ0) is 64.7. The third-order valence-corrected chi connectivity index (χ3v) is 17.5. The molecule has 0 aliphatic carbocycles. The first-order chi connectivity index (χ1) is 41.6. The number of aliphatic hydroxyl groups excluding tert-OH is 1. The van der Waals surface area contributed by atoms with Gasteiger partial charge in [0.25, 0.3) is 0 Å². The Hall–Kier alpha value is -1.94. The van der Waals surface area contributed by atoms with Crippen molar-refractivity contribution in [2.45, 2.75) is 350 Å². The zero-order valence-corrected chi connectivity index (χ0v) is 58.4. The Kier molecular flexibility index (Phi) is 56.6. The highest BCUT2D eigenvalue weighted by atomic mass is 31.2. The first kappa shape index (κ1) is 85.1. The quantitative estimate of drug-likeness (QED) is 0.0222. The second-order valence-electron chi connectivity index (χ2n) is 26.5. The molecule has 0 aromatic rings. The van der Waals surface area contributed by atoms with Crippen LogP contribution in [-0.2, 0) is 65.4 Å². The molecule has 0 aliphatic rings. The van der Waals surface area contributed by atoms with Crippen LogP contribution >= 0.6 is 15.6 Å². The van der Waals surface area contributed by atoms with E-state index in [1.807, 2.05) is 0 Å². The molecule has 0 radical (unpaired) electrons. The lowest BCUT2D eigenvalue weighted by Gasteiger charge is -2.21. The standard InChI is InChI=1S/C68H132O17P2/c1-58(2)44-36-28-20-13-9-11-15-25-34-42-50-67(72)84-63(54-78-65(70)48-40-32-24-18-17-22-30-38-46-60(5)6)56-82-86(74,75)80-52-62(69)53-81-87(76,77)83-57-64(55-79-66(71)49-41-33-27-19-23-31-39-47-61(7)8)85-68(73)51-43-35-26-16-12-10-14-21-29-37-45-59(3)4/h58-64,69H,9-57H2,1-8H3,(H,74,75)(H,76,77)/t62?,63-,64-/m1/s1. The topological polar surface area (TPSA) is 237 Å². The Bertz CT molecular complexity index is 1730. The number of carbonyl (C=O) groups excluding carboxylic acids is 4. The van der Waals surface area contributed by atoms with Gasteiger partial charge < -0.3 is 33.8 Å². The van der Waals surface area contributed by atoms with Gasteiger partial charge in [0.15, 0.2) is 12.2 Å². The van der Waals surface area contributed by atoms with E-state index in [4.69, 9.17) is 37.0 Å². The van der Waals surface area contributed by atoms with Crippen LogP contribution in [0.3, 0.4) is 0 Å². The van der Waals surface area contributed by atoms with Crippen LogP contribution in [0.4, 0.5) is 0 Å². The van der Waals surface area contributed by atoms with Gasteiger partial charge in [-0.3, -0.25) is 37.3 Å². The van der Waals surface area contributed by atoms with Gasteiger partial charge in [-0.15, -0.1) is 0 Å². The molecule has 0 rings (SSSR count). The number of hydrogen-bond donors (Lipinski definition) is 3. The van der Waals surface area contributed by atoms with Gasteiger partial charge in [-0.05, 0) is 49.4 Å². The van der Waals surface area contributed by atoms with Crippen LogP contribution in [0.2, 0.25) is 0 Å². The molecule has 0 heterocycles. The highest BCUT2D eigenvalue weighted by Gasteiger charge is 2.30. The fourth-order valence-corrected chi connectivity index (χ4v) is 11.7. The second-order valence-corrected chi connectivity index (χ2v) is 29.4. The predicted molar refractivity (Wildman–Crippen MR) is 349 cm³/mol. The Morgan fingerprint density at radius 1 is 0.287 bits per heavy atom. The van der Waals surface area contributed by atoms with E-state index in [0.29, 0.717) is 31.6 Å². The molecule has 19 heteroatoms.